The first-order valence-electron chi connectivity index (χ1n) is 12.8. The average Bonchev–Trinajstić information content (AvgIpc) is 3.24. The van der Waals surface area contributed by atoms with E-state index < -0.39 is 0 Å². The summed E-state index contributed by atoms with van der Waals surface area (Å²) in [6.07, 6.45) is 2.72. The van der Waals surface area contributed by atoms with Crippen molar-refractivity contribution in [3.05, 3.63) is 30.1 Å². The molecule has 0 bridgehead atoms. The van der Waals surface area contributed by atoms with E-state index in [-0.39, 0.29) is 23.8 Å². The number of carbonyl (C=O) groups is 2. The molecule has 0 spiro atoms. The summed E-state index contributed by atoms with van der Waals surface area (Å²) in [5.74, 6) is 0.836. The molecule has 8 heteroatoms. The Balaban J connectivity index is 1.59. The minimum absolute atomic E-state index is 0.0349. The van der Waals surface area contributed by atoms with Gasteiger partial charge in [0.15, 0.2) is 5.82 Å². The quantitative estimate of drug-likeness (QED) is 0.643. The van der Waals surface area contributed by atoms with Gasteiger partial charge in [0.05, 0.1) is 30.2 Å². The van der Waals surface area contributed by atoms with Gasteiger partial charge in [0.2, 0.25) is 5.91 Å². The number of benzene rings is 1. The van der Waals surface area contributed by atoms with E-state index in [9.17, 15) is 9.59 Å². The van der Waals surface area contributed by atoms with Crippen LogP contribution in [0.3, 0.4) is 0 Å². The molecule has 4 rings (SSSR count). The minimum atomic E-state index is -0.127. The third-order valence-corrected chi connectivity index (χ3v) is 6.84. The summed E-state index contributed by atoms with van der Waals surface area (Å²) in [7, 11) is 0. The Labute approximate surface area is 202 Å². The number of nitrogens with zero attached hydrogens (tertiary/aromatic N) is 4. The Morgan fingerprint density at radius 1 is 1.21 bits per heavy atom. The maximum Gasteiger partial charge on any atom is 0.290 e. The Bertz CT molecular complexity index is 982. The first-order chi connectivity index (χ1) is 16.5. The highest BCUT2D eigenvalue weighted by molar-refractivity contribution is 5.95. The Morgan fingerprint density at radius 3 is 2.71 bits per heavy atom. The Kier molecular flexibility index (Phi) is 8.21. The number of aryl methyl sites for hydroxylation is 1. The molecule has 34 heavy (non-hydrogen) atoms. The molecule has 1 aromatic heterocycles. The highest BCUT2D eigenvalue weighted by Gasteiger charge is 2.36. The van der Waals surface area contributed by atoms with Gasteiger partial charge in [-0.2, -0.15) is 0 Å². The molecule has 2 aliphatic rings. The molecule has 1 N–H and O–H groups in total. The van der Waals surface area contributed by atoms with Crippen LogP contribution in [0.5, 0.6) is 0 Å². The Hall–Kier alpha value is -2.45. The van der Waals surface area contributed by atoms with Gasteiger partial charge < -0.3 is 24.4 Å². The molecule has 1 aromatic carbocycles. The molecular weight excluding hydrogens is 430 g/mol. The van der Waals surface area contributed by atoms with Crippen molar-refractivity contribution in [3.8, 4) is 0 Å². The van der Waals surface area contributed by atoms with Crippen LogP contribution in [0, 0.1) is 11.8 Å². The lowest BCUT2D eigenvalue weighted by atomic mass is 9.92. The van der Waals surface area contributed by atoms with Crippen molar-refractivity contribution in [1.82, 2.24) is 24.7 Å². The number of para-hydroxylation sites is 2. The number of amides is 2. The van der Waals surface area contributed by atoms with Crippen LogP contribution in [0.25, 0.3) is 11.0 Å². The lowest BCUT2D eigenvalue weighted by Gasteiger charge is -2.40. The number of nitrogens with one attached hydrogen (secondary N) is 1. The van der Waals surface area contributed by atoms with Crippen molar-refractivity contribution in [1.29, 1.82) is 0 Å². The zero-order valence-corrected chi connectivity index (χ0v) is 20.8. The summed E-state index contributed by atoms with van der Waals surface area (Å²) in [5.41, 5.74) is 1.86. The van der Waals surface area contributed by atoms with Crippen molar-refractivity contribution in [2.24, 2.45) is 11.8 Å². The maximum atomic E-state index is 14.0. The van der Waals surface area contributed by atoms with Crippen LogP contribution >= 0.6 is 0 Å². The largest absolute Gasteiger partial charge is 0.378 e. The topological polar surface area (TPSA) is 79.7 Å². The normalized spacial score (nSPS) is 21.2. The van der Waals surface area contributed by atoms with Crippen LogP contribution in [0.4, 0.5) is 0 Å². The zero-order valence-electron chi connectivity index (χ0n) is 20.8. The number of aromatic nitrogens is 2. The number of unbranched alkanes of at least 4 members (excludes halogenated alkanes) is 1. The molecule has 3 heterocycles. The molecule has 2 saturated heterocycles. The average molecular weight is 470 g/mol. The van der Waals surface area contributed by atoms with Crippen LogP contribution in [-0.4, -0.2) is 83.1 Å². The van der Waals surface area contributed by atoms with Gasteiger partial charge in [0.25, 0.3) is 5.91 Å². The number of fused-ring (bicyclic) bond motifs is 1. The van der Waals surface area contributed by atoms with Gasteiger partial charge in [0.1, 0.15) is 0 Å². The van der Waals surface area contributed by atoms with Gasteiger partial charge in [-0.3, -0.25) is 9.59 Å². The summed E-state index contributed by atoms with van der Waals surface area (Å²) in [6, 6.07) is 7.94. The van der Waals surface area contributed by atoms with Crippen molar-refractivity contribution in [2.45, 2.75) is 52.6 Å². The molecule has 2 atom stereocenters. The van der Waals surface area contributed by atoms with Gasteiger partial charge in [0, 0.05) is 45.3 Å². The fraction of sp³-hybridized carbons (Fsp3) is 0.654. The molecule has 2 amide bonds. The van der Waals surface area contributed by atoms with E-state index in [1.807, 2.05) is 34.1 Å². The van der Waals surface area contributed by atoms with E-state index >= 15 is 0 Å². The number of rotatable bonds is 8. The highest BCUT2D eigenvalue weighted by atomic mass is 16.5. The van der Waals surface area contributed by atoms with Crippen LogP contribution in [-0.2, 0) is 16.1 Å². The van der Waals surface area contributed by atoms with E-state index in [0.717, 1.165) is 30.4 Å². The molecule has 8 nitrogen and oxygen atoms in total. The van der Waals surface area contributed by atoms with Crippen molar-refractivity contribution < 1.29 is 14.3 Å². The minimum Gasteiger partial charge on any atom is -0.378 e. The standard InChI is InChI=1S/C26H39N5O3/c1-4-5-10-30-23-9-7-6-8-22(23)28-24(30)26(33)31(18-19(2)3)21-15-20(16-27-17-21)25(32)29-11-13-34-14-12-29/h6-9,19-21,27H,4-5,10-18H2,1-3H3/t20-,21+/m1/s1. The second-order valence-electron chi connectivity index (χ2n) is 9.96. The SMILES string of the molecule is CCCCn1c(C(=O)N(CC(C)C)[C@@H]2CNC[C@H](C(=O)N3CCOCC3)C2)nc2ccccc21. The van der Waals surface area contributed by atoms with Crippen LogP contribution < -0.4 is 5.32 Å². The fourth-order valence-corrected chi connectivity index (χ4v) is 5.09. The van der Waals surface area contributed by atoms with Crippen molar-refractivity contribution in [3.63, 3.8) is 0 Å². The molecule has 186 valence electrons. The monoisotopic (exact) mass is 469 g/mol. The number of ether oxygens (including phenoxy) is 1. The van der Waals surface area contributed by atoms with Crippen molar-refractivity contribution >= 4 is 22.8 Å². The third-order valence-electron chi connectivity index (χ3n) is 6.84. The maximum absolute atomic E-state index is 14.0. The number of piperidine rings is 1. The molecule has 0 aliphatic carbocycles. The number of imidazole rings is 1. The van der Waals surface area contributed by atoms with E-state index in [4.69, 9.17) is 9.72 Å². The predicted octanol–water partition coefficient (Wildman–Crippen LogP) is 2.77. The molecule has 2 fully saturated rings. The van der Waals surface area contributed by atoms with E-state index in [0.29, 0.717) is 64.1 Å². The van der Waals surface area contributed by atoms with Crippen LogP contribution in [0.15, 0.2) is 24.3 Å². The first-order valence-corrected chi connectivity index (χ1v) is 12.8. The number of hydrogen-bond acceptors (Lipinski definition) is 5. The summed E-state index contributed by atoms with van der Waals surface area (Å²) < 4.78 is 7.50. The number of carbonyl (C=O) groups excluding carboxylic acids is 2. The molecule has 2 aromatic rings. The third kappa shape index (κ3) is 5.44. The fourth-order valence-electron chi connectivity index (χ4n) is 5.09. The molecular formula is C26H39N5O3. The van der Waals surface area contributed by atoms with E-state index in [1.54, 1.807) is 0 Å². The summed E-state index contributed by atoms with van der Waals surface area (Å²) in [5, 5.41) is 3.44. The van der Waals surface area contributed by atoms with Gasteiger partial charge in [-0.25, -0.2) is 4.98 Å². The summed E-state index contributed by atoms with van der Waals surface area (Å²) in [6.45, 7) is 11.7. The second-order valence-corrected chi connectivity index (χ2v) is 9.96. The number of morpholine rings is 1. The van der Waals surface area contributed by atoms with Gasteiger partial charge in [-0.05, 0) is 30.9 Å². The lowest BCUT2D eigenvalue weighted by molar-refractivity contribution is -0.140. The lowest BCUT2D eigenvalue weighted by Crippen LogP contribution is -2.56. The molecule has 0 radical (unpaired) electrons. The second kappa shape index (κ2) is 11.3. The first kappa shape index (κ1) is 24.7. The zero-order chi connectivity index (χ0) is 24.1. The van der Waals surface area contributed by atoms with E-state index in [1.165, 1.54) is 0 Å². The van der Waals surface area contributed by atoms with Gasteiger partial charge in [-0.1, -0.05) is 39.3 Å². The molecule has 0 saturated carbocycles. The highest BCUT2D eigenvalue weighted by Crippen LogP contribution is 2.24. The van der Waals surface area contributed by atoms with Gasteiger partial charge >= 0.3 is 0 Å². The predicted molar refractivity (Wildman–Crippen MR) is 133 cm³/mol. The smallest absolute Gasteiger partial charge is 0.290 e. The molecule has 2 aliphatic heterocycles. The molecule has 0 unspecified atom stereocenters. The van der Waals surface area contributed by atoms with Gasteiger partial charge in [-0.15, -0.1) is 0 Å². The van der Waals surface area contributed by atoms with Crippen molar-refractivity contribution in [2.75, 3.05) is 45.9 Å². The Morgan fingerprint density at radius 2 is 1.97 bits per heavy atom. The summed E-state index contributed by atoms with van der Waals surface area (Å²) >= 11 is 0. The van der Waals surface area contributed by atoms with E-state index in [2.05, 4.69) is 30.7 Å². The van der Waals surface area contributed by atoms with Crippen LogP contribution in [0.1, 0.15) is 50.7 Å². The number of hydrogen-bond donors (Lipinski definition) is 1. The summed E-state index contributed by atoms with van der Waals surface area (Å²) in [4.78, 5) is 35.9. The van der Waals surface area contributed by atoms with Crippen LogP contribution in [0.2, 0.25) is 0 Å².